The standard InChI is InChI=1S/C17H19ClN2O4S/c1-11-3-4-12(9-15(11)20-25(22)23)7-8-19-17(21)14-10-13(18)5-6-16(14)24-2/h3-6,9-10,20H,7-8H2,1-2H3,(H,19,21)(H,22,23)/p-1. The largest absolute Gasteiger partial charge is 0.755 e. The molecule has 25 heavy (non-hydrogen) atoms. The van der Waals surface area contributed by atoms with Crippen LogP contribution in [0.2, 0.25) is 5.02 Å². The van der Waals surface area contributed by atoms with Gasteiger partial charge in [0.15, 0.2) is 0 Å². The van der Waals surface area contributed by atoms with Gasteiger partial charge in [0, 0.05) is 28.5 Å². The van der Waals surface area contributed by atoms with Crippen molar-refractivity contribution in [3.8, 4) is 5.75 Å². The van der Waals surface area contributed by atoms with Crippen LogP contribution < -0.4 is 14.8 Å². The lowest BCUT2D eigenvalue weighted by Gasteiger charge is -2.13. The minimum Gasteiger partial charge on any atom is -0.755 e. The predicted molar refractivity (Wildman–Crippen MR) is 97.8 cm³/mol. The van der Waals surface area contributed by atoms with Gasteiger partial charge < -0.3 is 19.3 Å². The molecule has 134 valence electrons. The number of hydrogen-bond donors (Lipinski definition) is 2. The summed E-state index contributed by atoms with van der Waals surface area (Å²) in [6, 6.07) is 10.3. The van der Waals surface area contributed by atoms with Crippen LogP contribution in [0.1, 0.15) is 21.5 Å². The van der Waals surface area contributed by atoms with Gasteiger partial charge in [-0.2, -0.15) is 0 Å². The summed E-state index contributed by atoms with van der Waals surface area (Å²) in [5.41, 5.74) is 2.61. The molecule has 1 unspecified atom stereocenters. The summed E-state index contributed by atoms with van der Waals surface area (Å²) < 4.78 is 29.1. The van der Waals surface area contributed by atoms with Crippen LogP contribution in [0.3, 0.4) is 0 Å². The molecule has 0 radical (unpaired) electrons. The van der Waals surface area contributed by atoms with Crippen molar-refractivity contribution in [2.24, 2.45) is 0 Å². The first kappa shape index (κ1) is 19.2. The maximum absolute atomic E-state index is 12.3. The van der Waals surface area contributed by atoms with Crippen molar-refractivity contribution >= 4 is 34.5 Å². The fourth-order valence-corrected chi connectivity index (χ4v) is 2.87. The highest BCUT2D eigenvalue weighted by molar-refractivity contribution is 7.80. The molecule has 2 rings (SSSR count). The van der Waals surface area contributed by atoms with Crippen molar-refractivity contribution in [1.82, 2.24) is 5.32 Å². The average Bonchev–Trinajstić information content (AvgIpc) is 2.57. The number of benzene rings is 2. The predicted octanol–water partition coefficient (Wildman–Crippen LogP) is 2.84. The Labute approximate surface area is 154 Å². The molecule has 1 amide bonds. The zero-order valence-corrected chi connectivity index (χ0v) is 15.4. The second-order valence-corrected chi connectivity index (χ2v) is 6.45. The highest BCUT2D eigenvalue weighted by Gasteiger charge is 2.12. The zero-order valence-electron chi connectivity index (χ0n) is 13.8. The molecule has 2 N–H and O–H groups in total. The van der Waals surface area contributed by atoms with Crippen LogP contribution in [0, 0.1) is 6.92 Å². The van der Waals surface area contributed by atoms with Crippen molar-refractivity contribution in [3.05, 3.63) is 58.1 Å². The van der Waals surface area contributed by atoms with E-state index in [1.807, 2.05) is 19.1 Å². The molecular formula is C17H18ClN2O4S-. The lowest BCUT2D eigenvalue weighted by Crippen LogP contribution is -2.26. The number of aryl methyl sites for hydroxylation is 1. The van der Waals surface area contributed by atoms with Crippen molar-refractivity contribution < 1.29 is 18.3 Å². The van der Waals surface area contributed by atoms with E-state index < -0.39 is 11.3 Å². The molecule has 0 bridgehead atoms. The van der Waals surface area contributed by atoms with E-state index in [1.165, 1.54) is 7.11 Å². The van der Waals surface area contributed by atoms with Crippen molar-refractivity contribution in [3.63, 3.8) is 0 Å². The second kappa shape index (κ2) is 8.84. The number of carbonyl (C=O) groups excluding carboxylic acids is 1. The second-order valence-electron chi connectivity index (χ2n) is 5.34. The van der Waals surface area contributed by atoms with Crippen LogP contribution in [0.15, 0.2) is 36.4 Å². The number of methoxy groups -OCH3 is 1. The van der Waals surface area contributed by atoms with Crippen LogP contribution in [0.5, 0.6) is 5.75 Å². The monoisotopic (exact) mass is 381 g/mol. The first-order valence-corrected chi connectivity index (χ1v) is 8.93. The van der Waals surface area contributed by atoms with Crippen LogP contribution >= 0.6 is 11.6 Å². The smallest absolute Gasteiger partial charge is 0.255 e. The SMILES string of the molecule is COc1ccc(Cl)cc1C(=O)NCCc1ccc(C)c(NS(=O)[O-])c1. The Morgan fingerprint density at radius 2 is 2.04 bits per heavy atom. The molecule has 0 aliphatic carbocycles. The molecule has 0 aliphatic rings. The summed E-state index contributed by atoms with van der Waals surface area (Å²) in [7, 11) is 1.49. The van der Waals surface area contributed by atoms with Gasteiger partial charge in [-0.15, -0.1) is 0 Å². The molecule has 0 heterocycles. The van der Waals surface area contributed by atoms with E-state index in [0.717, 1.165) is 11.1 Å². The molecule has 2 aromatic carbocycles. The Kier molecular flexibility index (Phi) is 6.81. The van der Waals surface area contributed by atoms with Crippen LogP contribution in [-0.4, -0.2) is 28.3 Å². The fraction of sp³-hybridized carbons (Fsp3) is 0.235. The van der Waals surface area contributed by atoms with E-state index in [9.17, 15) is 13.6 Å². The van der Waals surface area contributed by atoms with Crippen molar-refractivity contribution in [2.75, 3.05) is 18.4 Å². The van der Waals surface area contributed by atoms with Gasteiger partial charge in [-0.1, -0.05) is 23.7 Å². The quantitative estimate of drug-likeness (QED) is 0.721. The number of hydrogen-bond acceptors (Lipinski definition) is 4. The number of ether oxygens (including phenoxy) is 1. The summed E-state index contributed by atoms with van der Waals surface area (Å²) >= 11 is 3.55. The third kappa shape index (κ3) is 5.45. The molecule has 0 aliphatic heterocycles. The third-order valence-corrected chi connectivity index (χ3v) is 4.22. The lowest BCUT2D eigenvalue weighted by molar-refractivity contribution is 0.0951. The number of halogens is 1. The van der Waals surface area contributed by atoms with Gasteiger partial charge in [-0.3, -0.25) is 9.00 Å². The van der Waals surface area contributed by atoms with Gasteiger partial charge in [-0.25, -0.2) is 0 Å². The van der Waals surface area contributed by atoms with Gasteiger partial charge in [0.2, 0.25) is 0 Å². The summed E-state index contributed by atoms with van der Waals surface area (Å²) in [5, 5.41) is 3.25. The van der Waals surface area contributed by atoms with E-state index >= 15 is 0 Å². The molecule has 8 heteroatoms. The molecule has 2 aromatic rings. The Balaban J connectivity index is 2.00. The Bertz CT molecular complexity index is 798. The van der Waals surface area contributed by atoms with Gasteiger partial charge in [0.05, 0.1) is 12.7 Å². The Morgan fingerprint density at radius 3 is 2.72 bits per heavy atom. The van der Waals surface area contributed by atoms with Gasteiger partial charge >= 0.3 is 0 Å². The third-order valence-electron chi connectivity index (χ3n) is 3.60. The summed E-state index contributed by atoms with van der Waals surface area (Å²) in [6.07, 6.45) is 0.551. The van der Waals surface area contributed by atoms with Crippen molar-refractivity contribution in [1.29, 1.82) is 0 Å². The first-order chi connectivity index (χ1) is 11.9. The summed E-state index contributed by atoms with van der Waals surface area (Å²) in [5.74, 6) is 0.159. The maximum Gasteiger partial charge on any atom is 0.255 e. The van der Waals surface area contributed by atoms with Gasteiger partial charge in [-0.05, 0) is 48.7 Å². The van der Waals surface area contributed by atoms with Crippen LogP contribution in [-0.2, 0) is 17.7 Å². The van der Waals surface area contributed by atoms with Crippen LogP contribution in [0.4, 0.5) is 5.69 Å². The van der Waals surface area contributed by atoms with E-state index in [0.29, 0.717) is 35.0 Å². The number of rotatable bonds is 7. The maximum atomic E-state index is 12.3. The Hall–Kier alpha value is -2.09. The highest BCUT2D eigenvalue weighted by atomic mass is 35.5. The highest BCUT2D eigenvalue weighted by Crippen LogP contribution is 2.22. The minimum absolute atomic E-state index is 0.287. The first-order valence-electron chi connectivity index (χ1n) is 7.48. The molecule has 6 nitrogen and oxygen atoms in total. The van der Waals surface area contributed by atoms with Gasteiger partial charge in [0.25, 0.3) is 5.91 Å². The molecule has 0 fully saturated rings. The lowest BCUT2D eigenvalue weighted by atomic mass is 10.1. The average molecular weight is 382 g/mol. The van der Waals surface area contributed by atoms with Crippen molar-refractivity contribution in [2.45, 2.75) is 13.3 Å². The number of carbonyl (C=O) groups is 1. The number of anilines is 1. The summed E-state index contributed by atoms with van der Waals surface area (Å²) in [6.45, 7) is 2.20. The summed E-state index contributed by atoms with van der Waals surface area (Å²) in [4.78, 5) is 12.3. The van der Waals surface area contributed by atoms with E-state index in [2.05, 4.69) is 10.0 Å². The zero-order chi connectivity index (χ0) is 18.4. The number of nitrogens with one attached hydrogen (secondary N) is 2. The molecule has 0 saturated heterocycles. The van der Waals surface area contributed by atoms with E-state index in [-0.39, 0.29) is 5.91 Å². The number of amides is 1. The molecule has 0 spiro atoms. The normalized spacial score (nSPS) is 11.7. The Morgan fingerprint density at radius 1 is 1.28 bits per heavy atom. The molecule has 0 aromatic heterocycles. The van der Waals surface area contributed by atoms with E-state index in [1.54, 1.807) is 24.3 Å². The molecular weight excluding hydrogens is 364 g/mol. The van der Waals surface area contributed by atoms with E-state index in [4.69, 9.17) is 16.3 Å². The molecule has 0 saturated carbocycles. The fourth-order valence-electron chi connectivity index (χ4n) is 2.30. The minimum atomic E-state index is -2.38. The molecule has 1 atom stereocenters. The van der Waals surface area contributed by atoms with Crippen LogP contribution in [0.25, 0.3) is 0 Å². The van der Waals surface area contributed by atoms with Gasteiger partial charge in [0.1, 0.15) is 5.75 Å². The topological polar surface area (TPSA) is 90.5 Å².